The molecule has 18 heavy (non-hydrogen) atoms. The van der Waals surface area contributed by atoms with Crippen LogP contribution in [0.3, 0.4) is 0 Å². The Labute approximate surface area is 105 Å². The Kier molecular flexibility index (Phi) is 8.86. The maximum atomic E-state index is 11.5. The zero-order valence-corrected chi connectivity index (χ0v) is 10.1. The highest BCUT2D eigenvalue weighted by Gasteiger charge is 2.21. The van der Waals surface area contributed by atoms with Crippen LogP contribution in [0.2, 0.25) is 0 Å². The van der Waals surface area contributed by atoms with Crippen molar-refractivity contribution >= 4 is 24.1 Å². The molecule has 0 aliphatic carbocycles. The van der Waals surface area contributed by atoms with Crippen molar-refractivity contribution in [3.8, 4) is 0 Å². The quantitative estimate of drug-likeness (QED) is 0.474. The first-order chi connectivity index (χ1) is 8.60. The summed E-state index contributed by atoms with van der Waals surface area (Å²) in [4.78, 5) is 43.6. The summed E-state index contributed by atoms with van der Waals surface area (Å²) < 4.78 is 0. The molecule has 0 aliphatic rings. The van der Waals surface area contributed by atoms with Crippen molar-refractivity contribution in [3.63, 3.8) is 0 Å². The highest BCUT2D eigenvalue weighted by atomic mass is 16.3. The predicted molar refractivity (Wildman–Crippen MR) is 61.8 cm³/mol. The molecule has 0 aliphatic heterocycles. The van der Waals surface area contributed by atoms with E-state index in [-0.39, 0.29) is 37.2 Å². The Morgan fingerprint density at radius 3 is 1.39 bits per heavy atom. The summed E-state index contributed by atoms with van der Waals surface area (Å²) in [6.45, 7) is -0.854. The summed E-state index contributed by atoms with van der Waals surface area (Å²) in [6.07, 6.45) is 0.774. The number of Topliss-reactive ketones (excluding diaryl/α,β-unsaturated/α-hetero) is 2. The average molecular weight is 258 g/mol. The van der Waals surface area contributed by atoms with E-state index in [1.807, 2.05) is 0 Å². The largest absolute Gasteiger partial charge is 0.396 e. The first kappa shape index (κ1) is 16.6. The van der Waals surface area contributed by atoms with Crippen LogP contribution >= 0.6 is 0 Å². The van der Waals surface area contributed by atoms with Crippen LogP contribution in [0.5, 0.6) is 0 Å². The Bertz CT molecular complexity index is 269. The van der Waals surface area contributed by atoms with Crippen LogP contribution in [0.25, 0.3) is 0 Å². The molecule has 0 saturated heterocycles. The van der Waals surface area contributed by atoms with E-state index in [0.717, 1.165) is 0 Å². The molecule has 0 bridgehead atoms. The highest BCUT2D eigenvalue weighted by Crippen LogP contribution is 2.11. The molecule has 6 nitrogen and oxygen atoms in total. The monoisotopic (exact) mass is 258 g/mol. The Morgan fingerprint density at radius 1 is 0.833 bits per heavy atom. The number of carbonyl (C=O) groups is 4. The van der Waals surface area contributed by atoms with Gasteiger partial charge in [-0.3, -0.25) is 9.59 Å². The number of aliphatic hydroxyl groups is 2. The van der Waals surface area contributed by atoms with Crippen molar-refractivity contribution in [2.45, 2.75) is 25.7 Å². The topological polar surface area (TPSA) is 109 Å². The molecule has 0 spiro atoms. The van der Waals surface area contributed by atoms with Crippen molar-refractivity contribution in [1.82, 2.24) is 0 Å². The average Bonchev–Trinajstić information content (AvgIpc) is 2.38. The van der Waals surface area contributed by atoms with Gasteiger partial charge in [0.25, 0.3) is 0 Å². The Balaban J connectivity index is 4.21. The van der Waals surface area contributed by atoms with E-state index in [1.165, 1.54) is 0 Å². The van der Waals surface area contributed by atoms with Crippen molar-refractivity contribution in [3.05, 3.63) is 0 Å². The SMILES string of the molecule is O=CCC(CO)C(=O)CCC(=O)[C@@H](CO)CC=O. The molecule has 0 fully saturated rings. The third-order valence-electron chi connectivity index (χ3n) is 2.73. The summed E-state index contributed by atoms with van der Waals surface area (Å²) >= 11 is 0. The molecule has 0 amide bonds. The molecule has 2 atom stereocenters. The van der Waals surface area contributed by atoms with Crippen molar-refractivity contribution in [1.29, 1.82) is 0 Å². The van der Waals surface area contributed by atoms with E-state index in [1.54, 1.807) is 0 Å². The van der Waals surface area contributed by atoms with E-state index in [2.05, 4.69) is 0 Å². The molecule has 0 aromatic carbocycles. The summed E-state index contributed by atoms with van der Waals surface area (Å²) in [5.41, 5.74) is 0. The molecule has 0 radical (unpaired) electrons. The molecule has 102 valence electrons. The van der Waals surface area contributed by atoms with Gasteiger partial charge in [0.15, 0.2) is 0 Å². The van der Waals surface area contributed by atoms with Gasteiger partial charge in [0.2, 0.25) is 0 Å². The number of rotatable bonds is 11. The predicted octanol–water partition coefficient (Wildman–Crippen LogP) is -0.700. The molecule has 0 heterocycles. The lowest BCUT2D eigenvalue weighted by Gasteiger charge is -2.11. The van der Waals surface area contributed by atoms with E-state index in [4.69, 9.17) is 10.2 Å². The molecule has 0 aromatic heterocycles. The fourth-order valence-corrected chi connectivity index (χ4v) is 1.50. The van der Waals surface area contributed by atoms with Gasteiger partial charge in [0.1, 0.15) is 24.1 Å². The second-order valence-corrected chi connectivity index (χ2v) is 4.00. The molecular weight excluding hydrogens is 240 g/mol. The molecule has 1 unspecified atom stereocenters. The second kappa shape index (κ2) is 9.61. The summed E-state index contributed by atoms with van der Waals surface area (Å²) in [5, 5.41) is 17.8. The highest BCUT2D eigenvalue weighted by molar-refractivity contribution is 5.90. The first-order valence-electron chi connectivity index (χ1n) is 5.75. The summed E-state index contributed by atoms with van der Waals surface area (Å²) in [6, 6.07) is 0. The van der Waals surface area contributed by atoms with Crippen LogP contribution in [-0.4, -0.2) is 47.6 Å². The summed E-state index contributed by atoms with van der Waals surface area (Å²) in [5.74, 6) is -2.26. The van der Waals surface area contributed by atoms with E-state index < -0.39 is 25.0 Å². The van der Waals surface area contributed by atoms with Gasteiger partial charge in [0.05, 0.1) is 13.2 Å². The van der Waals surface area contributed by atoms with Crippen LogP contribution in [0.1, 0.15) is 25.7 Å². The molecule has 0 aromatic rings. The number of ketones is 2. The van der Waals surface area contributed by atoms with Gasteiger partial charge in [-0.1, -0.05) is 0 Å². The first-order valence-corrected chi connectivity index (χ1v) is 5.75. The fourth-order valence-electron chi connectivity index (χ4n) is 1.50. The molecule has 2 N–H and O–H groups in total. The number of hydrogen-bond donors (Lipinski definition) is 2. The Morgan fingerprint density at radius 2 is 1.17 bits per heavy atom. The number of aldehydes is 2. The minimum Gasteiger partial charge on any atom is -0.396 e. The van der Waals surface area contributed by atoms with Gasteiger partial charge in [-0.2, -0.15) is 0 Å². The number of aliphatic hydroxyl groups excluding tert-OH is 2. The lowest BCUT2D eigenvalue weighted by atomic mass is 9.93. The van der Waals surface area contributed by atoms with E-state index in [0.29, 0.717) is 12.6 Å². The number of carbonyl (C=O) groups excluding carboxylic acids is 4. The van der Waals surface area contributed by atoms with Crippen LogP contribution in [0.4, 0.5) is 0 Å². The van der Waals surface area contributed by atoms with Gasteiger partial charge in [0, 0.05) is 37.5 Å². The Hall–Kier alpha value is -1.40. The lowest BCUT2D eigenvalue weighted by Crippen LogP contribution is -2.23. The molecular formula is C12H18O6. The van der Waals surface area contributed by atoms with E-state index >= 15 is 0 Å². The second-order valence-electron chi connectivity index (χ2n) is 4.00. The van der Waals surface area contributed by atoms with Crippen LogP contribution in [0.15, 0.2) is 0 Å². The van der Waals surface area contributed by atoms with Crippen molar-refractivity contribution < 1.29 is 29.4 Å². The molecule has 0 rings (SSSR count). The van der Waals surface area contributed by atoms with Gasteiger partial charge in [-0.15, -0.1) is 0 Å². The summed E-state index contributed by atoms with van der Waals surface area (Å²) in [7, 11) is 0. The normalized spacial score (nSPS) is 13.7. The van der Waals surface area contributed by atoms with Gasteiger partial charge in [-0.25, -0.2) is 0 Å². The van der Waals surface area contributed by atoms with Gasteiger partial charge >= 0.3 is 0 Å². The zero-order chi connectivity index (χ0) is 14.0. The van der Waals surface area contributed by atoms with Crippen LogP contribution in [0, 0.1) is 11.8 Å². The third kappa shape index (κ3) is 5.79. The lowest BCUT2D eigenvalue weighted by molar-refractivity contribution is -0.130. The maximum absolute atomic E-state index is 11.5. The smallest absolute Gasteiger partial charge is 0.139 e. The zero-order valence-electron chi connectivity index (χ0n) is 10.1. The van der Waals surface area contributed by atoms with Crippen molar-refractivity contribution in [2.75, 3.05) is 13.2 Å². The minimum atomic E-state index is -0.769. The molecule has 0 saturated carbocycles. The van der Waals surface area contributed by atoms with Crippen molar-refractivity contribution in [2.24, 2.45) is 11.8 Å². The van der Waals surface area contributed by atoms with Gasteiger partial charge in [-0.05, 0) is 0 Å². The minimum absolute atomic E-state index is 0.0682. The van der Waals surface area contributed by atoms with E-state index in [9.17, 15) is 19.2 Å². The number of hydrogen-bond acceptors (Lipinski definition) is 6. The molecule has 6 heteroatoms. The maximum Gasteiger partial charge on any atom is 0.139 e. The fraction of sp³-hybridized carbons (Fsp3) is 0.667. The third-order valence-corrected chi connectivity index (χ3v) is 2.73. The van der Waals surface area contributed by atoms with Gasteiger partial charge < -0.3 is 19.8 Å². The van der Waals surface area contributed by atoms with Crippen LogP contribution in [-0.2, 0) is 19.2 Å². The van der Waals surface area contributed by atoms with Crippen LogP contribution < -0.4 is 0 Å². The standard InChI is InChI=1S/C12H18O6/c13-5-3-9(7-15)11(17)1-2-12(18)10(8-16)4-6-14/h5-6,9-10,15-16H,1-4,7-8H2/t9-,10?/m1/s1.